The molecule has 0 saturated heterocycles. The zero-order valence-corrected chi connectivity index (χ0v) is 10.9. The fourth-order valence-corrected chi connectivity index (χ4v) is 1.81. The molecule has 96 valence electrons. The minimum absolute atomic E-state index is 0.188. The molecule has 0 unspecified atom stereocenters. The van der Waals surface area contributed by atoms with Gasteiger partial charge in [-0.15, -0.1) is 4.91 Å². The first-order chi connectivity index (χ1) is 8.63. The normalized spacial score (nSPS) is 21.3. The van der Waals surface area contributed by atoms with Crippen LogP contribution >= 0.6 is 0 Å². The third-order valence-electron chi connectivity index (χ3n) is 2.83. The summed E-state index contributed by atoms with van der Waals surface area (Å²) in [6.45, 7) is 5.76. The van der Waals surface area contributed by atoms with Gasteiger partial charge in [-0.1, -0.05) is 13.0 Å². The molecule has 5 nitrogen and oxygen atoms in total. The van der Waals surface area contributed by atoms with Crippen LogP contribution in [0.3, 0.4) is 0 Å². The zero-order chi connectivity index (χ0) is 13.5. The Labute approximate surface area is 106 Å². The highest BCUT2D eigenvalue weighted by Gasteiger charge is 2.20. The second kappa shape index (κ2) is 6.74. The number of nitrogens with zero attached hydrogens (tertiary/aromatic N) is 3. The number of allylic oxidation sites excluding steroid dienone is 2. The molecule has 0 aromatic rings. The third-order valence-corrected chi connectivity index (χ3v) is 2.83. The van der Waals surface area contributed by atoms with E-state index in [0.717, 1.165) is 17.8 Å². The Morgan fingerprint density at radius 3 is 2.78 bits per heavy atom. The van der Waals surface area contributed by atoms with Gasteiger partial charge in [0.25, 0.3) is 0 Å². The predicted octanol–water partition coefficient (Wildman–Crippen LogP) is 3.03. The van der Waals surface area contributed by atoms with Gasteiger partial charge >= 0.3 is 5.91 Å². The van der Waals surface area contributed by atoms with Crippen molar-refractivity contribution in [2.24, 2.45) is 21.1 Å². The van der Waals surface area contributed by atoms with Gasteiger partial charge in [0.15, 0.2) is 0 Å². The van der Waals surface area contributed by atoms with Crippen molar-refractivity contribution in [1.82, 2.24) is 0 Å². The van der Waals surface area contributed by atoms with Crippen molar-refractivity contribution in [3.8, 4) is 0 Å². The molecule has 0 bridgehead atoms. The van der Waals surface area contributed by atoms with Crippen LogP contribution in [0.4, 0.5) is 0 Å². The minimum atomic E-state index is -0.728. The molecule has 0 aromatic heterocycles. The maximum Gasteiger partial charge on any atom is 0.314 e. The molecule has 5 heteroatoms. The van der Waals surface area contributed by atoms with Gasteiger partial charge in [-0.05, 0) is 26.7 Å². The van der Waals surface area contributed by atoms with Crippen LogP contribution < -0.4 is 0 Å². The van der Waals surface area contributed by atoms with Gasteiger partial charge in [0.2, 0.25) is 0 Å². The standard InChI is InChI=1S/C13H17N3O2/c1-4-11(14-5-2)12-9(3)6-7-10(8-15-12)13(17)16-18/h4-5,8-9H,6-7H2,1-3H3/b11-4-,14-5?/t9-/m1/s1. The molecule has 0 aromatic carbocycles. The van der Waals surface area contributed by atoms with E-state index in [1.807, 2.05) is 26.8 Å². The molecule has 0 aliphatic carbocycles. The summed E-state index contributed by atoms with van der Waals surface area (Å²) in [6, 6.07) is 0. The van der Waals surface area contributed by atoms with Crippen LogP contribution in [0.25, 0.3) is 0 Å². The average molecular weight is 247 g/mol. The fraction of sp³-hybridized carbons (Fsp3) is 0.462. The summed E-state index contributed by atoms with van der Waals surface area (Å²) >= 11 is 0. The maximum atomic E-state index is 11.2. The molecule has 1 atom stereocenters. The predicted molar refractivity (Wildman–Crippen MR) is 72.6 cm³/mol. The smallest absolute Gasteiger partial charge is 0.264 e. The van der Waals surface area contributed by atoms with Crippen molar-refractivity contribution in [3.05, 3.63) is 28.5 Å². The van der Waals surface area contributed by atoms with Gasteiger partial charge in [0.05, 0.1) is 11.4 Å². The summed E-state index contributed by atoms with van der Waals surface area (Å²) in [6.07, 6.45) is 6.30. The second-order valence-corrected chi connectivity index (χ2v) is 4.07. The average Bonchev–Trinajstić information content (AvgIpc) is 2.57. The molecule has 1 aliphatic heterocycles. The molecule has 1 heterocycles. The Morgan fingerprint density at radius 1 is 1.50 bits per heavy atom. The molecule has 0 N–H and O–H groups in total. The van der Waals surface area contributed by atoms with Gasteiger partial charge in [-0.25, -0.2) is 0 Å². The van der Waals surface area contributed by atoms with Gasteiger partial charge < -0.3 is 0 Å². The number of hydrogen-bond acceptors (Lipinski definition) is 4. The van der Waals surface area contributed by atoms with E-state index in [1.54, 1.807) is 6.21 Å². The molecule has 0 fully saturated rings. The minimum Gasteiger partial charge on any atom is -0.264 e. The van der Waals surface area contributed by atoms with E-state index < -0.39 is 5.91 Å². The lowest BCUT2D eigenvalue weighted by atomic mass is 9.96. The van der Waals surface area contributed by atoms with Crippen molar-refractivity contribution in [2.45, 2.75) is 33.6 Å². The number of nitroso groups, excluding NO2 is 1. The van der Waals surface area contributed by atoms with Crippen molar-refractivity contribution < 1.29 is 4.79 Å². The summed E-state index contributed by atoms with van der Waals surface area (Å²) in [5.41, 5.74) is 2.00. The highest BCUT2D eigenvalue weighted by atomic mass is 16.3. The van der Waals surface area contributed by atoms with Crippen LogP contribution in [-0.4, -0.2) is 17.8 Å². The first-order valence-corrected chi connectivity index (χ1v) is 5.93. The number of amides is 1. The van der Waals surface area contributed by atoms with E-state index in [2.05, 4.69) is 15.2 Å². The Kier molecular flexibility index (Phi) is 5.30. The SMILES string of the molecule is CC=N/C(=C\C)C1=NC=C(C(=O)N=O)CC[C@H]1C. The molecular weight excluding hydrogens is 230 g/mol. The largest absolute Gasteiger partial charge is 0.314 e. The molecule has 0 saturated carbocycles. The van der Waals surface area contributed by atoms with Crippen molar-refractivity contribution in [2.75, 3.05) is 0 Å². The first kappa shape index (κ1) is 14.2. The number of carbonyl (C=O) groups excluding carboxylic acids is 1. The fourth-order valence-electron chi connectivity index (χ4n) is 1.81. The lowest BCUT2D eigenvalue weighted by Gasteiger charge is -2.12. The van der Waals surface area contributed by atoms with Crippen LogP contribution in [0.1, 0.15) is 33.6 Å². The monoisotopic (exact) mass is 247 g/mol. The quantitative estimate of drug-likeness (QED) is 0.568. The number of aliphatic imine (C=N–C) groups is 2. The van der Waals surface area contributed by atoms with Crippen molar-refractivity contribution in [1.29, 1.82) is 0 Å². The van der Waals surface area contributed by atoms with Crippen molar-refractivity contribution >= 4 is 17.8 Å². The van der Waals surface area contributed by atoms with Crippen LogP contribution in [0.2, 0.25) is 0 Å². The Balaban J connectivity index is 3.09. The molecule has 18 heavy (non-hydrogen) atoms. The van der Waals surface area contributed by atoms with E-state index in [-0.39, 0.29) is 5.92 Å². The molecule has 0 radical (unpaired) electrons. The highest BCUT2D eigenvalue weighted by molar-refractivity contribution is 6.03. The maximum absolute atomic E-state index is 11.2. The Bertz CT molecular complexity index is 459. The van der Waals surface area contributed by atoms with E-state index in [0.29, 0.717) is 12.0 Å². The number of carbonyl (C=O) groups is 1. The lowest BCUT2D eigenvalue weighted by molar-refractivity contribution is -0.114. The van der Waals surface area contributed by atoms with Gasteiger partial charge in [0, 0.05) is 29.1 Å². The van der Waals surface area contributed by atoms with E-state index in [1.165, 1.54) is 6.20 Å². The summed E-state index contributed by atoms with van der Waals surface area (Å²) in [7, 11) is 0. The molecule has 1 aliphatic rings. The second-order valence-electron chi connectivity index (χ2n) is 4.07. The summed E-state index contributed by atoms with van der Waals surface area (Å²) in [5.74, 6) is -0.540. The van der Waals surface area contributed by atoms with Gasteiger partial charge in [-0.3, -0.25) is 14.8 Å². The third kappa shape index (κ3) is 3.29. The molecule has 0 spiro atoms. The van der Waals surface area contributed by atoms with Gasteiger partial charge in [-0.2, -0.15) is 0 Å². The number of hydrogen-bond donors (Lipinski definition) is 0. The van der Waals surface area contributed by atoms with E-state index in [9.17, 15) is 9.70 Å². The van der Waals surface area contributed by atoms with Crippen molar-refractivity contribution in [3.63, 3.8) is 0 Å². The topological polar surface area (TPSA) is 71.2 Å². The molecular formula is C13H17N3O2. The van der Waals surface area contributed by atoms with Crippen LogP contribution in [0.5, 0.6) is 0 Å². The van der Waals surface area contributed by atoms with E-state index in [4.69, 9.17) is 0 Å². The zero-order valence-electron chi connectivity index (χ0n) is 10.9. The Morgan fingerprint density at radius 2 is 2.22 bits per heavy atom. The highest BCUT2D eigenvalue weighted by Crippen LogP contribution is 2.22. The summed E-state index contributed by atoms with van der Waals surface area (Å²) in [5, 5.41) is 2.43. The van der Waals surface area contributed by atoms with Crippen LogP contribution in [0.15, 0.2) is 38.7 Å². The number of rotatable bonds is 3. The molecule has 1 amide bonds. The lowest BCUT2D eigenvalue weighted by Crippen LogP contribution is -2.12. The summed E-state index contributed by atoms with van der Waals surface area (Å²) in [4.78, 5) is 30.0. The summed E-state index contributed by atoms with van der Waals surface area (Å²) < 4.78 is 0. The van der Waals surface area contributed by atoms with Crippen LogP contribution in [-0.2, 0) is 4.79 Å². The first-order valence-electron chi connectivity index (χ1n) is 5.93. The molecule has 1 rings (SSSR count). The van der Waals surface area contributed by atoms with E-state index >= 15 is 0 Å². The Hall–Kier alpha value is -1.91. The van der Waals surface area contributed by atoms with Gasteiger partial charge in [0.1, 0.15) is 0 Å². The van der Waals surface area contributed by atoms with Crippen LogP contribution in [0, 0.1) is 10.8 Å².